The average molecular weight is 932 g/mol. The highest BCUT2D eigenvalue weighted by molar-refractivity contribution is 6.30. The van der Waals surface area contributed by atoms with Crippen LogP contribution in [0.2, 0.25) is 10.0 Å². The summed E-state index contributed by atoms with van der Waals surface area (Å²) in [6.07, 6.45) is 8.51. The van der Waals surface area contributed by atoms with Crippen molar-refractivity contribution in [3.8, 4) is 11.5 Å². The number of hydrogen-bond donors (Lipinski definition) is 3. The molecular formula is C46H50Cl2F2N10O5. The van der Waals surface area contributed by atoms with Crippen LogP contribution in [0.1, 0.15) is 59.9 Å². The van der Waals surface area contributed by atoms with E-state index in [0.717, 1.165) is 87.6 Å². The molecule has 0 unspecified atom stereocenters. The van der Waals surface area contributed by atoms with Crippen LogP contribution in [0.4, 0.5) is 20.4 Å². The third kappa shape index (κ3) is 12.6. The highest BCUT2D eigenvalue weighted by Gasteiger charge is 2.26. The van der Waals surface area contributed by atoms with Gasteiger partial charge in [0.1, 0.15) is 30.7 Å². The van der Waals surface area contributed by atoms with Crippen molar-refractivity contribution < 1.29 is 32.5 Å². The number of nitrogens with one attached hydrogen (secondary N) is 3. The van der Waals surface area contributed by atoms with Crippen molar-refractivity contribution in [1.29, 1.82) is 0 Å². The van der Waals surface area contributed by atoms with Crippen molar-refractivity contribution >= 4 is 51.8 Å². The first kappa shape index (κ1) is 45.8. The van der Waals surface area contributed by atoms with Gasteiger partial charge in [0.05, 0.1) is 42.9 Å². The second-order valence-electron chi connectivity index (χ2n) is 15.9. The highest BCUT2D eigenvalue weighted by atomic mass is 35.5. The van der Waals surface area contributed by atoms with Crippen LogP contribution >= 0.6 is 23.2 Å². The summed E-state index contributed by atoms with van der Waals surface area (Å²) in [5, 5.41) is 10.9. The number of carbonyl (C=O) groups is 1. The zero-order valence-electron chi connectivity index (χ0n) is 35.8. The van der Waals surface area contributed by atoms with E-state index in [2.05, 4.69) is 45.4 Å². The molecule has 3 aromatic heterocycles. The molecule has 15 nitrogen and oxygen atoms in total. The molecule has 3 N–H and O–H groups in total. The maximum atomic E-state index is 14.0. The molecule has 3 fully saturated rings. The summed E-state index contributed by atoms with van der Waals surface area (Å²) in [6, 6.07) is 18.4. The maximum Gasteiger partial charge on any atom is 0.337 e. The molecule has 342 valence electrons. The minimum Gasteiger partial charge on any atom is -0.483 e. The van der Waals surface area contributed by atoms with Gasteiger partial charge in [-0.15, -0.1) is 0 Å². The summed E-state index contributed by atoms with van der Waals surface area (Å²) >= 11 is 11.5. The van der Waals surface area contributed by atoms with Gasteiger partial charge < -0.3 is 39.5 Å². The van der Waals surface area contributed by atoms with Gasteiger partial charge in [-0.2, -0.15) is 0 Å². The molecule has 0 radical (unpaired) electrons. The number of rotatable bonds is 15. The fraction of sp³-hybridized carbons (Fsp3) is 0.391. The Bertz CT molecular complexity index is 2550. The fourth-order valence-corrected chi connectivity index (χ4v) is 8.08. The van der Waals surface area contributed by atoms with Gasteiger partial charge in [-0.25, -0.2) is 38.5 Å². The number of nitrogens with zero attached hydrogens (tertiary/aromatic N) is 7. The molecule has 9 rings (SSSR count). The predicted molar refractivity (Wildman–Crippen MR) is 242 cm³/mol. The molecule has 3 saturated heterocycles. The largest absolute Gasteiger partial charge is 0.483 e. The number of fused-ring (bicyclic) bond motifs is 1. The van der Waals surface area contributed by atoms with E-state index in [1.54, 1.807) is 30.6 Å². The summed E-state index contributed by atoms with van der Waals surface area (Å²) in [6.45, 7) is 6.14. The van der Waals surface area contributed by atoms with Crippen LogP contribution in [0.5, 0.6) is 11.5 Å². The molecule has 0 aliphatic carbocycles. The third-order valence-electron chi connectivity index (χ3n) is 11.3. The van der Waals surface area contributed by atoms with E-state index < -0.39 is 11.6 Å². The van der Waals surface area contributed by atoms with Crippen molar-refractivity contribution in [2.75, 3.05) is 50.5 Å². The quantitative estimate of drug-likeness (QED) is 0.0854. The van der Waals surface area contributed by atoms with Crippen LogP contribution in [0.3, 0.4) is 0 Å². The predicted octanol–water partition coefficient (Wildman–Crippen LogP) is 7.86. The van der Waals surface area contributed by atoms with E-state index >= 15 is 0 Å². The second-order valence-corrected chi connectivity index (χ2v) is 16.8. The van der Waals surface area contributed by atoms with Crippen molar-refractivity contribution in [3.05, 3.63) is 124 Å². The van der Waals surface area contributed by atoms with E-state index in [-0.39, 0.29) is 42.8 Å². The Morgan fingerprint density at radius 1 is 0.785 bits per heavy atom. The van der Waals surface area contributed by atoms with Gasteiger partial charge >= 0.3 is 5.97 Å². The van der Waals surface area contributed by atoms with Crippen LogP contribution in [0.15, 0.2) is 79.1 Å². The molecule has 1 atom stereocenters. The lowest BCUT2D eigenvalue weighted by atomic mass is 10.1. The Labute approximate surface area is 385 Å². The van der Waals surface area contributed by atoms with Gasteiger partial charge in [0.2, 0.25) is 0 Å². The van der Waals surface area contributed by atoms with E-state index in [1.807, 2.05) is 24.3 Å². The number of aromatic nitrogens is 6. The average Bonchev–Trinajstić information content (AvgIpc) is 3.63. The summed E-state index contributed by atoms with van der Waals surface area (Å²) in [5.41, 5.74) is 2.29. The molecule has 65 heavy (non-hydrogen) atoms. The van der Waals surface area contributed by atoms with Crippen molar-refractivity contribution in [2.24, 2.45) is 0 Å². The number of ether oxygens (including phenoxy) is 4. The highest BCUT2D eigenvalue weighted by Crippen LogP contribution is 2.26. The number of halogens is 4. The molecule has 3 aliphatic heterocycles. The number of benzene rings is 3. The number of anilines is 2. The van der Waals surface area contributed by atoms with E-state index in [4.69, 9.17) is 47.1 Å². The summed E-state index contributed by atoms with van der Waals surface area (Å²) in [5.74, 6) is 2.24. The molecule has 6 heterocycles. The SMILES string of the molecule is COC(=O)c1ccc2nc(CN3CCC(Nc4ccnc(COc5ccc(Cl)cc5F)n4)CC3)n(C[C@@H]3CCO3)c2c1.Fc1cc(Cl)ccc1OCc1nccc(NC2CCNCC2)n1. The molecule has 0 spiro atoms. The van der Waals surface area contributed by atoms with E-state index in [1.165, 1.54) is 31.4 Å². The summed E-state index contributed by atoms with van der Waals surface area (Å²) in [4.78, 5) is 36.9. The monoisotopic (exact) mass is 930 g/mol. The van der Waals surface area contributed by atoms with Crippen molar-refractivity contribution in [2.45, 2.75) is 76.6 Å². The number of methoxy groups -OCH3 is 1. The molecule has 0 amide bonds. The fourth-order valence-electron chi connectivity index (χ4n) is 7.76. The van der Waals surface area contributed by atoms with Crippen LogP contribution in [0.25, 0.3) is 11.0 Å². The molecular weight excluding hydrogens is 881 g/mol. The Balaban J connectivity index is 0.000000211. The zero-order chi connectivity index (χ0) is 45.1. The number of piperidine rings is 2. The number of likely N-dealkylation sites (tertiary alicyclic amines) is 1. The molecule has 3 aliphatic rings. The number of imidazole rings is 1. The summed E-state index contributed by atoms with van der Waals surface area (Å²) < 4.78 is 51.5. The second kappa shape index (κ2) is 22.0. The molecule has 3 aromatic carbocycles. The van der Waals surface area contributed by atoms with Gasteiger partial charge in [-0.3, -0.25) is 4.90 Å². The summed E-state index contributed by atoms with van der Waals surface area (Å²) in [7, 11) is 1.39. The minimum atomic E-state index is -0.526. The normalized spacial score (nSPS) is 16.8. The number of hydrogen-bond acceptors (Lipinski definition) is 14. The lowest BCUT2D eigenvalue weighted by Gasteiger charge is -2.33. The van der Waals surface area contributed by atoms with Gasteiger partial charge in [-0.05, 0) is 112 Å². The Kier molecular flexibility index (Phi) is 15.5. The van der Waals surface area contributed by atoms with Gasteiger partial charge in [0.15, 0.2) is 34.8 Å². The molecule has 6 aromatic rings. The Hall–Kier alpha value is -5.72. The Morgan fingerprint density at radius 2 is 1.37 bits per heavy atom. The molecule has 0 bridgehead atoms. The molecule has 19 heteroatoms. The van der Waals surface area contributed by atoms with Gasteiger partial charge in [0, 0.05) is 54.2 Å². The zero-order valence-corrected chi connectivity index (χ0v) is 37.3. The van der Waals surface area contributed by atoms with Crippen LogP contribution in [-0.2, 0) is 35.8 Å². The smallest absolute Gasteiger partial charge is 0.337 e. The molecule has 0 saturated carbocycles. The lowest BCUT2D eigenvalue weighted by Crippen LogP contribution is -2.39. The van der Waals surface area contributed by atoms with Crippen LogP contribution in [0, 0.1) is 11.6 Å². The van der Waals surface area contributed by atoms with E-state index in [0.29, 0.717) is 52.2 Å². The lowest BCUT2D eigenvalue weighted by molar-refractivity contribution is -0.0592. The standard InChI is InChI=1S/C30H32ClFN6O4.C16H18ClFN4O/c1-40-30(39)19-2-4-24-25(14-19)38(16-22-9-13-41-22)29(35-24)17-37-11-7-21(8-12-37)34-27-6-10-33-28(36-27)18-42-26-5-3-20(31)15-23(26)32;17-11-1-2-14(13(18)9-11)23-10-16-20-8-5-15(22-16)21-12-3-6-19-7-4-12/h2-6,10,14-15,21-22H,7-9,11-13,16-18H2,1H3,(H,33,34,36);1-2,5,8-9,12,19H,3-4,6-7,10H2,(H,20,21,22)/t22-;/m0./s1. The van der Waals surface area contributed by atoms with Crippen LogP contribution < -0.4 is 25.4 Å². The van der Waals surface area contributed by atoms with Crippen LogP contribution in [-0.4, -0.2) is 98.4 Å². The van der Waals surface area contributed by atoms with Crippen molar-refractivity contribution in [1.82, 2.24) is 39.7 Å². The van der Waals surface area contributed by atoms with Crippen molar-refractivity contribution in [3.63, 3.8) is 0 Å². The maximum absolute atomic E-state index is 14.0. The number of esters is 1. The topological polar surface area (TPSA) is 163 Å². The third-order valence-corrected chi connectivity index (χ3v) is 11.8. The first-order valence-electron chi connectivity index (χ1n) is 21.6. The first-order chi connectivity index (χ1) is 31.6. The van der Waals surface area contributed by atoms with Gasteiger partial charge in [-0.1, -0.05) is 23.2 Å². The Morgan fingerprint density at radius 3 is 1.91 bits per heavy atom. The first-order valence-corrected chi connectivity index (χ1v) is 22.4. The van der Waals surface area contributed by atoms with E-state index in [9.17, 15) is 13.6 Å². The van der Waals surface area contributed by atoms with Gasteiger partial charge in [0.25, 0.3) is 0 Å². The minimum absolute atomic E-state index is 0.0422. The number of carbonyl (C=O) groups excluding carboxylic acids is 1.